The summed E-state index contributed by atoms with van der Waals surface area (Å²) >= 11 is 18.9. The minimum Gasteiger partial charge on any atom is -0.377 e. The van der Waals surface area contributed by atoms with Crippen LogP contribution in [-0.4, -0.2) is 49.1 Å². The molecule has 2 aliphatic rings. The van der Waals surface area contributed by atoms with Gasteiger partial charge >= 0.3 is 6.03 Å². The summed E-state index contributed by atoms with van der Waals surface area (Å²) in [5.74, 6) is 0.168. The molecule has 188 valence electrons. The first-order chi connectivity index (χ1) is 16.7. The molecule has 0 saturated carbocycles. The normalized spacial score (nSPS) is 19.5. The van der Waals surface area contributed by atoms with Gasteiger partial charge in [0, 0.05) is 53.9 Å². The fourth-order valence-electron chi connectivity index (χ4n) is 4.91. The molecule has 2 fully saturated rings. The van der Waals surface area contributed by atoms with Gasteiger partial charge in [-0.05, 0) is 62.1 Å². The van der Waals surface area contributed by atoms with E-state index >= 15 is 0 Å². The summed E-state index contributed by atoms with van der Waals surface area (Å²) in [4.78, 5) is 28.2. The zero-order valence-electron chi connectivity index (χ0n) is 19.6. The summed E-state index contributed by atoms with van der Waals surface area (Å²) in [6, 6.07) is 10.8. The number of hydrogen-bond donors (Lipinski definition) is 3. The summed E-state index contributed by atoms with van der Waals surface area (Å²) < 4.78 is 0. The monoisotopic (exact) mass is 537 g/mol. The zero-order valence-corrected chi connectivity index (χ0v) is 21.8. The van der Waals surface area contributed by atoms with Crippen LogP contribution >= 0.6 is 34.8 Å². The van der Waals surface area contributed by atoms with E-state index in [1.165, 1.54) is 0 Å². The molecule has 2 heterocycles. The quantitative estimate of drug-likeness (QED) is 0.465. The van der Waals surface area contributed by atoms with Crippen LogP contribution in [0, 0.1) is 5.92 Å². The van der Waals surface area contributed by atoms with E-state index in [1.54, 1.807) is 6.07 Å². The fraction of sp³-hybridized carbons (Fsp3) is 0.440. The molecule has 2 saturated heterocycles. The minimum atomic E-state index is -0.542. The van der Waals surface area contributed by atoms with Gasteiger partial charge in [-0.3, -0.25) is 4.79 Å². The second kappa shape index (κ2) is 11.1. The van der Waals surface area contributed by atoms with Gasteiger partial charge in [0.05, 0.1) is 16.8 Å². The largest absolute Gasteiger partial charge is 0.377 e. The smallest absolute Gasteiger partial charge is 0.312 e. The van der Waals surface area contributed by atoms with Gasteiger partial charge in [0.15, 0.2) is 0 Å². The molecular weight excluding hydrogens is 509 g/mol. The van der Waals surface area contributed by atoms with Crippen LogP contribution in [0.2, 0.25) is 15.1 Å². The van der Waals surface area contributed by atoms with Crippen LogP contribution in [0.15, 0.2) is 36.4 Å². The van der Waals surface area contributed by atoms with Crippen LogP contribution in [0.3, 0.4) is 0 Å². The van der Waals surface area contributed by atoms with Gasteiger partial charge in [-0.2, -0.15) is 0 Å². The van der Waals surface area contributed by atoms with Crippen molar-refractivity contribution < 1.29 is 9.59 Å². The molecule has 3 amide bonds. The molecule has 2 aliphatic heterocycles. The maximum absolute atomic E-state index is 13.0. The van der Waals surface area contributed by atoms with Crippen LogP contribution in [-0.2, 0) is 4.79 Å². The summed E-state index contributed by atoms with van der Waals surface area (Å²) in [6.45, 7) is 4.78. The number of primary amides is 1. The number of halogens is 3. The molecule has 10 heteroatoms. The van der Waals surface area contributed by atoms with Crippen molar-refractivity contribution in [2.75, 3.05) is 36.4 Å². The molecule has 0 aromatic heterocycles. The van der Waals surface area contributed by atoms with E-state index in [4.69, 9.17) is 40.5 Å². The number of piperidine rings is 1. The van der Waals surface area contributed by atoms with Crippen molar-refractivity contribution in [1.29, 1.82) is 0 Å². The van der Waals surface area contributed by atoms with Gasteiger partial charge in [0.1, 0.15) is 0 Å². The lowest BCUT2D eigenvalue weighted by atomic mass is 9.95. The fourth-order valence-corrected chi connectivity index (χ4v) is 5.65. The van der Waals surface area contributed by atoms with Crippen molar-refractivity contribution in [1.82, 2.24) is 10.2 Å². The van der Waals surface area contributed by atoms with Crippen LogP contribution in [0.4, 0.5) is 16.2 Å². The van der Waals surface area contributed by atoms with Gasteiger partial charge in [-0.1, -0.05) is 40.9 Å². The first-order valence-electron chi connectivity index (χ1n) is 11.8. The molecular formula is C25H30Cl3N5O2. The number of nitrogens with two attached hydrogens (primary N) is 1. The Hall–Kier alpha value is -2.35. The third-order valence-electron chi connectivity index (χ3n) is 6.81. The Morgan fingerprint density at radius 1 is 1.00 bits per heavy atom. The summed E-state index contributed by atoms with van der Waals surface area (Å²) in [7, 11) is 0. The number of likely N-dealkylation sites (tertiary alicyclic amines) is 1. The predicted octanol–water partition coefficient (Wildman–Crippen LogP) is 5.31. The highest BCUT2D eigenvalue weighted by atomic mass is 35.5. The van der Waals surface area contributed by atoms with Crippen molar-refractivity contribution in [3.8, 4) is 0 Å². The summed E-state index contributed by atoms with van der Waals surface area (Å²) in [5, 5.41) is 7.99. The lowest BCUT2D eigenvalue weighted by Gasteiger charge is -2.35. The third-order valence-corrected chi connectivity index (χ3v) is 7.70. The Bertz CT molecular complexity index is 1090. The Kier molecular flexibility index (Phi) is 8.19. The number of hydrogen-bond acceptors (Lipinski definition) is 4. The van der Waals surface area contributed by atoms with E-state index in [9.17, 15) is 9.59 Å². The predicted molar refractivity (Wildman–Crippen MR) is 143 cm³/mol. The Labute approximate surface area is 220 Å². The standard InChI is InChI=1S/C25H30Cl3N5O2/c1-15(20-4-2-17(26)12-22(20)28)30-23-13-19(3-5-21(23)27)32-9-6-16(7-10-32)24(34)33-11-8-18(14-33)31-25(29)35/h2-5,12-13,15-16,18,30H,6-11,14H2,1H3,(H3,29,31,35)/t15-,18?/m1/s1. The van der Waals surface area contributed by atoms with Gasteiger partial charge in [0.25, 0.3) is 0 Å². The third kappa shape index (κ3) is 6.26. The van der Waals surface area contributed by atoms with Gasteiger partial charge in [0.2, 0.25) is 5.91 Å². The van der Waals surface area contributed by atoms with Crippen molar-refractivity contribution >= 4 is 58.1 Å². The van der Waals surface area contributed by atoms with Gasteiger partial charge in [-0.15, -0.1) is 0 Å². The minimum absolute atomic E-state index is 0.00413. The van der Waals surface area contributed by atoms with Crippen LogP contribution in [0.25, 0.3) is 0 Å². The molecule has 7 nitrogen and oxygen atoms in total. The second-order valence-corrected chi connectivity index (χ2v) is 10.5. The topological polar surface area (TPSA) is 90.7 Å². The number of benzene rings is 2. The van der Waals surface area contributed by atoms with E-state index in [0.717, 1.165) is 49.3 Å². The summed E-state index contributed by atoms with van der Waals surface area (Å²) in [5.41, 5.74) is 8.03. The van der Waals surface area contributed by atoms with E-state index in [2.05, 4.69) is 15.5 Å². The van der Waals surface area contributed by atoms with Gasteiger partial charge < -0.3 is 26.2 Å². The van der Waals surface area contributed by atoms with Crippen molar-refractivity contribution in [3.63, 3.8) is 0 Å². The van der Waals surface area contributed by atoms with Crippen LogP contribution in [0.5, 0.6) is 0 Å². The zero-order chi connectivity index (χ0) is 25.1. The SMILES string of the molecule is C[C@@H](Nc1cc(N2CCC(C(=O)N3CCC(NC(N)=O)C3)CC2)ccc1Cl)c1ccc(Cl)cc1Cl. The number of urea groups is 1. The average Bonchev–Trinajstić information content (AvgIpc) is 3.28. The number of anilines is 2. The molecule has 35 heavy (non-hydrogen) atoms. The molecule has 2 atom stereocenters. The molecule has 0 radical (unpaired) electrons. The highest BCUT2D eigenvalue weighted by Gasteiger charge is 2.33. The first kappa shape index (κ1) is 25.7. The number of rotatable bonds is 6. The lowest BCUT2D eigenvalue weighted by molar-refractivity contribution is -0.135. The highest BCUT2D eigenvalue weighted by molar-refractivity contribution is 6.35. The van der Waals surface area contributed by atoms with Crippen molar-refractivity contribution in [2.45, 2.75) is 38.3 Å². The van der Waals surface area contributed by atoms with Crippen molar-refractivity contribution in [3.05, 3.63) is 57.0 Å². The first-order valence-corrected chi connectivity index (χ1v) is 13.0. The number of nitrogens with one attached hydrogen (secondary N) is 2. The molecule has 0 bridgehead atoms. The van der Waals surface area contributed by atoms with E-state index in [0.29, 0.717) is 28.2 Å². The highest BCUT2D eigenvalue weighted by Crippen LogP contribution is 2.34. The molecule has 4 N–H and O–H groups in total. The number of nitrogens with zero attached hydrogens (tertiary/aromatic N) is 2. The number of carbonyl (C=O) groups excluding carboxylic acids is 2. The molecule has 4 rings (SSSR count). The number of amides is 3. The lowest BCUT2D eigenvalue weighted by Crippen LogP contribution is -2.44. The van der Waals surface area contributed by atoms with Crippen LogP contribution < -0.4 is 21.3 Å². The van der Waals surface area contributed by atoms with Crippen LogP contribution in [0.1, 0.15) is 37.8 Å². The second-order valence-electron chi connectivity index (χ2n) is 9.24. The Morgan fingerprint density at radius 3 is 2.43 bits per heavy atom. The maximum atomic E-state index is 13.0. The molecule has 0 aliphatic carbocycles. The molecule has 0 spiro atoms. The van der Waals surface area contributed by atoms with E-state index in [1.807, 2.05) is 42.2 Å². The Morgan fingerprint density at radius 2 is 1.74 bits per heavy atom. The van der Waals surface area contributed by atoms with Gasteiger partial charge in [-0.25, -0.2) is 4.79 Å². The Balaban J connectivity index is 1.36. The summed E-state index contributed by atoms with van der Waals surface area (Å²) in [6.07, 6.45) is 2.31. The van der Waals surface area contributed by atoms with Crippen molar-refractivity contribution in [2.24, 2.45) is 11.7 Å². The molecule has 2 aromatic rings. The number of carbonyl (C=O) groups is 2. The average molecular weight is 539 g/mol. The molecule has 1 unspecified atom stereocenters. The van der Waals surface area contributed by atoms with E-state index < -0.39 is 6.03 Å². The maximum Gasteiger partial charge on any atom is 0.312 e. The molecule has 2 aromatic carbocycles. The van der Waals surface area contributed by atoms with E-state index in [-0.39, 0.29) is 23.9 Å².